The number of nitrogens with zero attached hydrogens (tertiary/aromatic N) is 3. The Morgan fingerprint density at radius 2 is 1.93 bits per heavy atom. The van der Waals surface area contributed by atoms with Gasteiger partial charge < -0.3 is 10.6 Å². The lowest BCUT2D eigenvalue weighted by atomic mass is 10.0. The monoisotopic (exact) mass is 385 g/mol. The van der Waals surface area contributed by atoms with Crippen LogP contribution in [0, 0.1) is 0 Å². The molecule has 2 N–H and O–H groups in total. The van der Waals surface area contributed by atoms with E-state index in [4.69, 9.17) is 11.6 Å². The number of rotatable bonds is 6. The van der Waals surface area contributed by atoms with Gasteiger partial charge in [0.05, 0.1) is 12.6 Å². The van der Waals surface area contributed by atoms with E-state index >= 15 is 0 Å². The second-order valence-electron chi connectivity index (χ2n) is 6.03. The smallest absolute Gasteiger partial charge is 0.295 e. The number of aromatic nitrogens is 3. The fraction of sp³-hybridized carbons (Fsp3) is 0.263. The zero-order chi connectivity index (χ0) is 19.4. The predicted octanol–water partition coefficient (Wildman–Crippen LogP) is 2.60. The van der Waals surface area contributed by atoms with Crippen molar-refractivity contribution in [3.63, 3.8) is 0 Å². The Balaban J connectivity index is 2.24. The number of amides is 1. The number of anilines is 1. The molecule has 0 saturated carbocycles. The molecule has 7 nitrogen and oxygen atoms in total. The summed E-state index contributed by atoms with van der Waals surface area (Å²) in [4.78, 5) is 33.8. The quantitative estimate of drug-likeness (QED) is 0.637. The van der Waals surface area contributed by atoms with Crippen LogP contribution < -0.4 is 16.2 Å². The fourth-order valence-electron chi connectivity index (χ4n) is 3.01. The molecule has 2 aromatic heterocycles. The van der Waals surface area contributed by atoms with E-state index in [2.05, 4.69) is 20.6 Å². The van der Waals surface area contributed by atoms with Crippen molar-refractivity contribution in [2.75, 3.05) is 18.9 Å². The first kappa shape index (κ1) is 19.0. The topological polar surface area (TPSA) is 88.9 Å². The van der Waals surface area contributed by atoms with Gasteiger partial charge in [-0.15, -0.1) is 0 Å². The highest BCUT2D eigenvalue weighted by atomic mass is 35.5. The van der Waals surface area contributed by atoms with Gasteiger partial charge >= 0.3 is 0 Å². The lowest BCUT2D eigenvalue weighted by molar-refractivity contribution is -0.115. The second kappa shape index (κ2) is 8.28. The summed E-state index contributed by atoms with van der Waals surface area (Å²) in [6.45, 7) is 2.06. The molecule has 0 unspecified atom stereocenters. The zero-order valence-electron chi connectivity index (χ0n) is 15.1. The van der Waals surface area contributed by atoms with Gasteiger partial charge in [0.2, 0.25) is 5.91 Å². The van der Waals surface area contributed by atoms with Crippen molar-refractivity contribution in [2.24, 2.45) is 0 Å². The maximum atomic E-state index is 13.2. The molecule has 0 fully saturated rings. The van der Waals surface area contributed by atoms with Crippen LogP contribution in [0.4, 0.5) is 5.82 Å². The molecular weight excluding hydrogens is 366 g/mol. The van der Waals surface area contributed by atoms with Crippen LogP contribution in [0.1, 0.15) is 24.9 Å². The van der Waals surface area contributed by atoms with Gasteiger partial charge in [-0.3, -0.25) is 14.2 Å². The molecular formula is C19H20ClN5O2. The number of fused-ring (bicyclic) bond motifs is 1. The molecule has 0 saturated heterocycles. The maximum Gasteiger partial charge on any atom is 0.295 e. The Morgan fingerprint density at radius 3 is 2.59 bits per heavy atom. The van der Waals surface area contributed by atoms with E-state index in [1.807, 2.05) is 37.3 Å². The zero-order valence-corrected chi connectivity index (χ0v) is 15.8. The van der Waals surface area contributed by atoms with Crippen molar-refractivity contribution >= 4 is 34.5 Å². The van der Waals surface area contributed by atoms with Crippen molar-refractivity contribution in [3.8, 4) is 0 Å². The summed E-state index contributed by atoms with van der Waals surface area (Å²) >= 11 is 6.07. The van der Waals surface area contributed by atoms with Gasteiger partial charge in [0.15, 0.2) is 11.5 Å². The van der Waals surface area contributed by atoms with Crippen molar-refractivity contribution < 1.29 is 4.79 Å². The van der Waals surface area contributed by atoms with Gasteiger partial charge in [0.25, 0.3) is 5.56 Å². The first-order chi connectivity index (χ1) is 13.0. The summed E-state index contributed by atoms with van der Waals surface area (Å²) < 4.78 is 1.55. The highest BCUT2D eigenvalue weighted by molar-refractivity contribution is 6.29. The first-order valence-electron chi connectivity index (χ1n) is 8.63. The van der Waals surface area contributed by atoms with Gasteiger partial charge in [0.1, 0.15) is 10.7 Å². The number of halogens is 1. The molecule has 140 valence electrons. The molecule has 0 aliphatic rings. The third-order valence-electron chi connectivity index (χ3n) is 4.18. The predicted molar refractivity (Wildman–Crippen MR) is 106 cm³/mol. The normalized spacial score (nSPS) is 12.1. The summed E-state index contributed by atoms with van der Waals surface area (Å²) in [7, 11) is 1.65. The van der Waals surface area contributed by atoms with Gasteiger partial charge in [-0.05, 0) is 31.2 Å². The van der Waals surface area contributed by atoms with E-state index in [1.54, 1.807) is 23.7 Å². The molecule has 0 radical (unpaired) electrons. The molecule has 1 amide bonds. The Bertz CT molecular complexity index is 1020. The number of hydrogen-bond acceptors (Lipinski definition) is 5. The van der Waals surface area contributed by atoms with Crippen LogP contribution in [0.2, 0.25) is 5.15 Å². The average Bonchev–Trinajstić information content (AvgIpc) is 2.66. The fourth-order valence-corrected chi connectivity index (χ4v) is 3.15. The molecule has 0 bridgehead atoms. The van der Waals surface area contributed by atoms with E-state index in [-0.39, 0.29) is 29.5 Å². The van der Waals surface area contributed by atoms with E-state index < -0.39 is 5.56 Å². The molecule has 3 aromatic rings. The van der Waals surface area contributed by atoms with Crippen LogP contribution in [0.15, 0.2) is 47.3 Å². The number of carbonyl (C=O) groups excluding carboxylic acids is 1. The number of nitrogens with one attached hydrogen (secondary N) is 2. The van der Waals surface area contributed by atoms with Crippen LogP contribution >= 0.6 is 11.6 Å². The van der Waals surface area contributed by atoms with Crippen LogP contribution in [0.25, 0.3) is 11.2 Å². The molecule has 2 heterocycles. The molecule has 0 spiro atoms. The number of carbonyl (C=O) groups is 1. The van der Waals surface area contributed by atoms with Crippen molar-refractivity contribution in [1.29, 1.82) is 0 Å². The van der Waals surface area contributed by atoms with Gasteiger partial charge in [-0.2, -0.15) is 0 Å². The minimum Gasteiger partial charge on any atom is -0.311 e. The largest absolute Gasteiger partial charge is 0.311 e. The maximum absolute atomic E-state index is 13.2. The molecule has 8 heteroatoms. The minimum absolute atomic E-state index is 0.0266. The van der Waals surface area contributed by atoms with Crippen LogP contribution in [0.3, 0.4) is 0 Å². The minimum atomic E-state index is -0.419. The Kier molecular flexibility index (Phi) is 5.83. The average molecular weight is 386 g/mol. The second-order valence-corrected chi connectivity index (χ2v) is 6.41. The van der Waals surface area contributed by atoms with Crippen LogP contribution in [-0.2, 0) is 4.79 Å². The Morgan fingerprint density at radius 1 is 1.19 bits per heavy atom. The lowest BCUT2D eigenvalue weighted by Gasteiger charge is -2.21. The number of benzene rings is 1. The van der Waals surface area contributed by atoms with Gasteiger partial charge in [-0.1, -0.05) is 48.9 Å². The number of likely N-dealkylation sites (N-methyl/N-ethyl adjacent to an activating group) is 1. The Labute approximate surface area is 161 Å². The summed E-state index contributed by atoms with van der Waals surface area (Å²) in [5.74, 6) is -0.371. The summed E-state index contributed by atoms with van der Waals surface area (Å²) in [6, 6.07) is 12.7. The molecule has 27 heavy (non-hydrogen) atoms. The van der Waals surface area contributed by atoms with Crippen molar-refractivity contribution in [2.45, 2.75) is 19.4 Å². The number of pyridine rings is 1. The molecule has 0 aliphatic carbocycles. The van der Waals surface area contributed by atoms with Crippen LogP contribution in [-0.4, -0.2) is 34.0 Å². The highest BCUT2D eigenvalue weighted by Gasteiger charge is 2.21. The molecule has 0 aliphatic heterocycles. The summed E-state index contributed by atoms with van der Waals surface area (Å²) in [5.41, 5.74) is 1.41. The van der Waals surface area contributed by atoms with E-state index in [0.717, 1.165) is 5.56 Å². The lowest BCUT2D eigenvalue weighted by Crippen LogP contribution is -2.33. The van der Waals surface area contributed by atoms with Crippen LogP contribution in [0.5, 0.6) is 0 Å². The summed E-state index contributed by atoms with van der Waals surface area (Å²) in [6.07, 6.45) is 0.654. The Hall–Kier alpha value is -2.77. The van der Waals surface area contributed by atoms with E-state index in [9.17, 15) is 9.59 Å². The third kappa shape index (κ3) is 3.99. The van der Waals surface area contributed by atoms with E-state index in [1.165, 1.54) is 0 Å². The van der Waals surface area contributed by atoms with Gasteiger partial charge in [0, 0.05) is 0 Å². The molecule has 1 atom stereocenters. The number of hydrogen-bond donors (Lipinski definition) is 2. The van der Waals surface area contributed by atoms with Crippen molar-refractivity contribution in [3.05, 3.63) is 63.5 Å². The van der Waals surface area contributed by atoms with Crippen molar-refractivity contribution in [1.82, 2.24) is 19.9 Å². The molecule has 3 rings (SSSR count). The SMILES string of the molecule is CC[C@@H](c1ccccc1)n1c(=O)c(NC(=O)CNC)nc2ccc(Cl)nc21. The standard InChI is InChI=1S/C19H20ClN5O2/c1-3-14(12-7-5-4-6-8-12)25-18-13(9-10-15(20)23-18)22-17(19(25)27)24-16(26)11-21-2/h4-10,14,21H,3,11H2,1-2H3,(H,22,24,26)/t14-/m0/s1. The first-order valence-corrected chi connectivity index (χ1v) is 9.01. The molecule has 1 aromatic carbocycles. The highest BCUT2D eigenvalue weighted by Crippen LogP contribution is 2.25. The summed E-state index contributed by atoms with van der Waals surface area (Å²) in [5, 5.41) is 5.60. The third-order valence-corrected chi connectivity index (χ3v) is 4.39. The van der Waals surface area contributed by atoms with E-state index in [0.29, 0.717) is 17.6 Å². The van der Waals surface area contributed by atoms with Gasteiger partial charge in [-0.25, -0.2) is 9.97 Å².